The highest BCUT2D eigenvalue weighted by Crippen LogP contribution is 2.36. The third-order valence-electron chi connectivity index (χ3n) is 6.99. The lowest BCUT2D eigenvalue weighted by Crippen LogP contribution is -2.47. The molecule has 12 nitrogen and oxygen atoms in total. The number of nitrogens with one attached hydrogen (secondary N) is 1. The number of anilines is 2. The van der Waals surface area contributed by atoms with Gasteiger partial charge in [0.1, 0.15) is 29.6 Å². The zero-order valence-corrected chi connectivity index (χ0v) is 27.5. The second-order valence-corrected chi connectivity index (χ2v) is 13.0. The lowest BCUT2D eigenvalue weighted by Gasteiger charge is -2.36. The van der Waals surface area contributed by atoms with Gasteiger partial charge in [0, 0.05) is 37.4 Å². The molecule has 0 bridgehead atoms. The molecule has 0 unspecified atom stereocenters. The number of piperidine rings is 1. The van der Waals surface area contributed by atoms with E-state index in [0.29, 0.717) is 65.8 Å². The molecule has 242 valence electrons. The van der Waals surface area contributed by atoms with Gasteiger partial charge in [0.2, 0.25) is 0 Å². The Morgan fingerprint density at radius 1 is 1.09 bits per heavy atom. The van der Waals surface area contributed by atoms with Crippen LogP contribution < -0.4 is 15.1 Å². The van der Waals surface area contributed by atoms with Crippen LogP contribution in [0.2, 0.25) is 0 Å². The standard InChI is InChI=1S/C33H44N6O6/c1-22-28(36-24-10-9-17-37(21-24)31(41)44-32(2,3)4)26(20-34)27-15-16-35-38(27)29(22)39(45-33(5,6)7)30(40)23-11-13-25(14-12-23)43-19-18-42-8/h11-16,24,36H,9-10,17-19,21H2,1-8H3/t24-/m0/s1. The van der Waals surface area contributed by atoms with Crippen LogP contribution in [0.25, 0.3) is 5.52 Å². The fourth-order valence-electron chi connectivity index (χ4n) is 5.08. The normalized spacial score (nSPS) is 15.4. The van der Waals surface area contributed by atoms with Crippen LogP contribution in [-0.4, -0.2) is 77.2 Å². The highest BCUT2D eigenvalue weighted by molar-refractivity contribution is 6.05. The van der Waals surface area contributed by atoms with E-state index in [4.69, 9.17) is 19.0 Å². The van der Waals surface area contributed by atoms with Crippen LogP contribution in [0.4, 0.5) is 16.3 Å². The quantitative estimate of drug-likeness (QED) is 0.235. The molecule has 1 aliphatic rings. The van der Waals surface area contributed by atoms with Gasteiger partial charge in [-0.3, -0.25) is 9.63 Å². The predicted octanol–water partition coefficient (Wildman–Crippen LogP) is 5.73. The zero-order chi connectivity index (χ0) is 32.9. The zero-order valence-electron chi connectivity index (χ0n) is 27.5. The molecule has 1 atom stereocenters. The number of nitrogens with zero attached hydrogens (tertiary/aromatic N) is 5. The molecular formula is C33H44N6O6. The molecule has 45 heavy (non-hydrogen) atoms. The predicted molar refractivity (Wildman–Crippen MR) is 171 cm³/mol. The van der Waals surface area contributed by atoms with Gasteiger partial charge in [-0.05, 0) is 91.6 Å². The maximum absolute atomic E-state index is 14.2. The number of ether oxygens (including phenoxy) is 3. The van der Waals surface area contributed by atoms with Crippen molar-refractivity contribution in [3.8, 4) is 11.8 Å². The van der Waals surface area contributed by atoms with Crippen molar-refractivity contribution in [2.24, 2.45) is 0 Å². The van der Waals surface area contributed by atoms with Gasteiger partial charge in [0.25, 0.3) is 5.91 Å². The third kappa shape index (κ3) is 8.23. The molecule has 1 aromatic carbocycles. The van der Waals surface area contributed by atoms with Gasteiger partial charge in [-0.1, -0.05) is 0 Å². The number of hydrogen-bond acceptors (Lipinski definition) is 9. The number of fused-ring (bicyclic) bond motifs is 1. The second kappa shape index (κ2) is 13.7. The number of amides is 2. The topological polar surface area (TPSA) is 131 Å². The summed E-state index contributed by atoms with van der Waals surface area (Å²) in [5.41, 5.74) is 1.04. The molecule has 3 aromatic rings. The number of nitriles is 1. The molecule has 3 heterocycles. The van der Waals surface area contributed by atoms with Crippen molar-refractivity contribution in [3.63, 3.8) is 0 Å². The smallest absolute Gasteiger partial charge is 0.410 e. The monoisotopic (exact) mass is 620 g/mol. The Kier molecular flexibility index (Phi) is 10.3. The van der Waals surface area contributed by atoms with E-state index in [0.717, 1.165) is 12.8 Å². The highest BCUT2D eigenvalue weighted by Gasteiger charge is 2.33. The minimum atomic E-state index is -0.760. The largest absolute Gasteiger partial charge is 0.491 e. The third-order valence-corrected chi connectivity index (χ3v) is 6.99. The summed E-state index contributed by atoms with van der Waals surface area (Å²) in [6, 6.07) is 10.7. The van der Waals surface area contributed by atoms with Gasteiger partial charge in [0.15, 0.2) is 5.82 Å². The minimum Gasteiger partial charge on any atom is -0.491 e. The molecular weight excluding hydrogens is 576 g/mol. The summed E-state index contributed by atoms with van der Waals surface area (Å²) in [6.45, 7) is 14.7. The summed E-state index contributed by atoms with van der Waals surface area (Å²) in [6.07, 6.45) is 2.76. The maximum atomic E-state index is 14.2. The van der Waals surface area contributed by atoms with E-state index >= 15 is 0 Å². The van der Waals surface area contributed by atoms with Gasteiger partial charge in [-0.15, -0.1) is 0 Å². The lowest BCUT2D eigenvalue weighted by molar-refractivity contribution is -0.0172. The number of benzene rings is 1. The first-order valence-corrected chi connectivity index (χ1v) is 15.1. The molecule has 12 heteroatoms. The van der Waals surface area contributed by atoms with Crippen molar-refractivity contribution < 1.29 is 28.6 Å². The van der Waals surface area contributed by atoms with Crippen molar-refractivity contribution in [1.29, 1.82) is 5.26 Å². The molecule has 0 radical (unpaired) electrons. The number of rotatable bonds is 9. The first kappa shape index (κ1) is 33.6. The number of likely N-dealkylation sites (tertiary alicyclic amines) is 1. The van der Waals surface area contributed by atoms with Crippen LogP contribution in [0.1, 0.15) is 75.9 Å². The molecule has 2 aromatic heterocycles. The Hall–Kier alpha value is -4.34. The first-order chi connectivity index (χ1) is 21.2. The lowest BCUT2D eigenvalue weighted by atomic mass is 10.0. The van der Waals surface area contributed by atoms with Gasteiger partial charge in [-0.25, -0.2) is 9.31 Å². The summed E-state index contributed by atoms with van der Waals surface area (Å²) in [7, 11) is 1.60. The molecule has 1 fully saturated rings. The van der Waals surface area contributed by atoms with Gasteiger partial charge in [0.05, 0.1) is 29.6 Å². The van der Waals surface area contributed by atoms with E-state index in [1.165, 1.54) is 5.06 Å². The van der Waals surface area contributed by atoms with Crippen molar-refractivity contribution in [2.75, 3.05) is 43.8 Å². The molecule has 1 N–H and O–H groups in total. The molecule has 1 saturated heterocycles. The van der Waals surface area contributed by atoms with Crippen molar-refractivity contribution >= 4 is 29.0 Å². The summed E-state index contributed by atoms with van der Waals surface area (Å²) >= 11 is 0. The summed E-state index contributed by atoms with van der Waals surface area (Å²) < 4.78 is 17.9. The Morgan fingerprint density at radius 2 is 1.80 bits per heavy atom. The Morgan fingerprint density at radius 3 is 2.42 bits per heavy atom. The average Bonchev–Trinajstić information content (AvgIpc) is 3.45. The van der Waals surface area contributed by atoms with E-state index in [1.54, 1.807) is 53.1 Å². The highest BCUT2D eigenvalue weighted by atomic mass is 16.7. The summed E-state index contributed by atoms with van der Waals surface area (Å²) in [4.78, 5) is 35.0. The van der Waals surface area contributed by atoms with Gasteiger partial charge >= 0.3 is 6.09 Å². The Bertz CT molecular complexity index is 1550. The van der Waals surface area contributed by atoms with E-state index in [9.17, 15) is 14.9 Å². The molecule has 0 saturated carbocycles. The van der Waals surface area contributed by atoms with Crippen LogP contribution in [0.3, 0.4) is 0 Å². The van der Waals surface area contributed by atoms with Gasteiger partial charge < -0.3 is 24.4 Å². The Balaban J connectivity index is 1.74. The van der Waals surface area contributed by atoms with Crippen molar-refractivity contribution in [3.05, 3.63) is 53.2 Å². The van der Waals surface area contributed by atoms with Gasteiger partial charge in [-0.2, -0.15) is 15.4 Å². The van der Waals surface area contributed by atoms with Crippen LogP contribution >= 0.6 is 0 Å². The Labute approximate surface area is 264 Å². The van der Waals surface area contributed by atoms with E-state index in [1.807, 2.05) is 48.5 Å². The van der Waals surface area contributed by atoms with Crippen LogP contribution in [0, 0.1) is 18.3 Å². The van der Waals surface area contributed by atoms with Crippen molar-refractivity contribution in [1.82, 2.24) is 14.5 Å². The number of aromatic nitrogens is 2. The van der Waals surface area contributed by atoms with Crippen molar-refractivity contribution in [2.45, 2.75) is 78.6 Å². The number of carbonyl (C=O) groups excluding carboxylic acids is 2. The SMILES string of the molecule is COCCOc1ccc(C(=O)N(OC(C)(C)C)c2c(C)c(N[C@H]3CCCN(C(=O)OC(C)(C)C)C3)c(C#N)c3ccnn23)cc1. The molecule has 4 rings (SSSR count). The minimum absolute atomic E-state index is 0.159. The first-order valence-electron chi connectivity index (χ1n) is 15.1. The fraction of sp³-hybridized carbons (Fsp3) is 0.515. The van der Waals surface area contributed by atoms with Crippen LogP contribution in [0.15, 0.2) is 36.5 Å². The maximum Gasteiger partial charge on any atom is 0.410 e. The molecule has 0 aliphatic carbocycles. The fourth-order valence-corrected chi connectivity index (χ4v) is 5.08. The molecule has 0 spiro atoms. The summed E-state index contributed by atoms with van der Waals surface area (Å²) in [5.74, 6) is 0.546. The number of pyridine rings is 1. The molecule has 2 amide bonds. The van der Waals surface area contributed by atoms with E-state index in [2.05, 4.69) is 16.5 Å². The molecule has 1 aliphatic heterocycles. The second-order valence-electron chi connectivity index (χ2n) is 13.0. The number of carbonyl (C=O) groups is 2. The van der Waals surface area contributed by atoms with E-state index in [-0.39, 0.29) is 12.1 Å². The van der Waals surface area contributed by atoms with Crippen LogP contribution in [0.5, 0.6) is 5.75 Å². The average molecular weight is 621 g/mol. The summed E-state index contributed by atoms with van der Waals surface area (Å²) in [5, 5.41) is 19.6. The number of hydroxylamine groups is 1. The van der Waals surface area contributed by atoms with Crippen LogP contribution in [-0.2, 0) is 14.3 Å². The number of hydrogen-bond donors (Lipinski definition) is 1. The van der Waals surface area contributed by atoms with E-state index < -0.39 is 17.1 Å². The number of methoxy groups -OCH3 is 1.